The number of fused-ring (bicyclic) bond motifs is 1. The van der Waals surface area contributed by atoms with Gasteiger partial charge >= 0.3 is 0 Å². The largest absolute Gasteiger partial charge is 0.344 e. The highest BCUT2D eigenvalue weighted by Crippen LogP contribution is 2.15. The molecule has 1 aromatic rings. The Labute approximate surface area is 90.7 Å². The second-order valence-corrected chi connectivity index (χ2v) is 3.44. The fourth-order valence-electron chi connectivity index (χ4n) is 1.71. The van der Waals surface area contributed by atoms with E-state index in [0.717, 1.165) is 30.2 Å². The van der Waals surface area contributed by atoms with Gasteiger partial charge in [-0.05, 0) is 6.92 Å². The third-order valence-corrected chi connectivity index (χ3v) is 2.40. The number of aromatic nitrogens is 2. The van der Waals surface area contributed by atoms with Crippen LogP contribution in [-0.4, -0.2) is 27.3 Å². The summed E-state index contributed by atoms with van der Waals surface area (Å²) >= 11 is 0. The molecule has 84 valence electrons. The molecule has 2 rings (SSSR count). The van der Waals surface area contributed by atoms with Crippen molar-refractivity contribution in [3.05, 3.63) is 17.2 Å². The predicted molar refractivity (Wildman–Crippen MR) is 59.5 cm³/mol. The molecule has 0 saturated carbocycles. The van der Waals surface area contributed by atoms with Gasteiger partial charge in [0.25, 0.3) is 0 Å². The summed E-state index contributed by atoms with van der Waals surface area (Å²) in [5.74, 6) is 1.08. The number of carbonyl (C=O) groups is 1. The third-order valence-electron chi connectivity index (χ3n) is 2.40. The van der Waals surface area contributed by atoms with Crippen LogP contribution in [0.2, 0.25) is 0 Å². The summed E-state index contributed by atoms with van der Waals surface area (Å²) in [5.41, 5.74) is 2.22. The van der Waals surface area contributed by atoms with Gasteiger partial charge in [-0.15, -0.1) is 0 Å². The molecule has 0 radical (unpaired) electrons. The Morgan fingerprint density at radius 1 is 1.47 bits per heavy atom. The van der Waals surface area contributed by atoms with Gasteiger partial charge < -0.3 is 9.88 Å². The number of imidazole rings is 1. The molecular formula is C11H19N3O. The van der Waals surface area contributed by atoms with Crippen molar-refractivity contribution in [1.29, 1.82) is 0 Å². The number of hydrogen-bond acceptors (Lipinski definition) is 2. The highest BCUT2D eigenvalue weighted by molar-refractivity contribution is 5.73. The van der Waals surface area contributed by atoms with Crippen molar-refractivity contribution in [2.24, 2.45) is 0 Å². The molecule has 0 aromatic carbocycles. The zero-order chi connectivity index (χ0) is 11.4. The number of aryl methyl sites for hydroxylation is 1. The molecule has 1 aliphatic heterocycles. The Bertz CT molecular complexity index is 344. The van der Waals surface area contributed by atoms with Crippen LogP contribution in [0, 0.1) is 6.92 Å². The summed E-state index contributed by atoms with van der Waals surface area (Å²) in [6.07, 6.45) is 0.874. The average Bonchev–Trinajstić information content (AvgIpc) is 2.59. The fourth-order valence-corrected chi connectivity index (χ4v) is 1.71. The normalized spacial score (nSPS) is 14.0. The van der Waals surface area contributed by atoms with Gasteiger partial charge in [-0.2, -0.15) is 0 Å². The standard InChI is InChI=1S/C9H13N3O.C2H6/c1-6-10-8-3-4-12(7(2)13)5-9(8)11-6;1-2/h3-5H2,1-2H3,(H,10,11);1-2H3. The molecule has 1 aliphatic rings. The minimum absolute atomic E-state index is 0.137. The van der Waals surface area contributed by atoms with Crippen LogP contribution < -0.4 is 0 Å². The molecule has 0 spiro atoms. The Morgan fingerprint density at radius 2 is 2.13 bits per heavy atom. The summed E-state index contributed by atoms with van der Waals surface area (Å²) < 4.78 is 0. The van der Waals surface area contributed by atoms with Crippen LogP contribution in [0.4, 0.5) is 0 Å². The van der Waals surface area contributed by atoms with Crippen molar-refractivity contribution in [2.75, 3.05) is 6.54 Å². The van der Waals surface area contributed by atoms with E-state index >= 15 is 0 Å². The van der Waals surface area contributed by atoms with Crippen LogP contribution >= 0.6 is 0 Å². The predicted octanol–water partition coefficient (Wildman–Crippen LogP) is 1.65. The van der Waals surface area contributed by atoms with Crippen LogP contribution in [0.15, 0.2) is 0 Å². The molecule has 0 atom stereocenters. The summed E-state index contributed by atoms with van der Waals surface area (Å²) in [7, 11) is 0. The monoisotopic (exact) mass is 209 g/mol. The van der Waals surface area contributed by atoms with E-state index in [1.165, 1.54) is 0 Å². The van der Waals surface area contributed by atoms with Gasteiger partial charge in [-0.3, -0.25) is 4.79 Å². The maximum Gasteiger partial charge on any atom is 0.219 e. The van der Waals surface area contributed by atoms with Crippen LogP contribution in [-0.2, 0) is 17.8 Å². The number of nitrogens with one attached hydrogen (secondary N) is 1. The molecule has 4 nitrogen and oxygen atoms in total. The van der Waals surface area contributed by atoms with Crippen LogP contribution in [0.5, 0.6) is 0 Å². The van der Waals surface area contributed by atoms with E-state index in [4.69, 9.17) is 0 Å². The summed E-state index contributed by atoms with van der Waals surface area (Å²) in [6.45, 7) is 9.03. The van der Waals surface area contributed by atoms with Crippen molar-refractivity contribution in [2.45, 2.75) is 40.7 Å². The van der Waals surface area contributed by atoms with Gasteiger partial charge in [0.15, 0.2) is 0 Å². The molecule has 1 amide bonds. The van der Waals surface area contributed by atoms with Crippen LogP contribution in [0.3, 0.4) is 0 Å². The average molecular weight is 209 g/mol. The van der Waals surface area contributed by atoms with E-state index in [1.807, 2.05) is 25.7 Å². The summed E-state index contributed by atoms with van der Waals surface area (Å²) in [5, 5.41) is 0. The Morgan fingerprint density at radius 3 is 2.73 bits per heavy atom. The quantitative estimate of drug-likeness (QED) is 0.706. The Hall–Kier alpha value is -1.32. The fraction of sp³-hybridized carbons (Fsp3) is 0.636. The minimum Gasteiger partial charge on any atom is -0.344 e. The van der Waals surface area contributed by atoms with Gasteiger partial charge in [0.05, 0.1) is 17.9 Å². The number of H-pyrrole nitrogens is 1. The molecule has 1 aromatic heterocycles. The summed E-state index contributed by atoms with van der Waals surface area (Å²) in [4.78, 5) is 20.5. The number of amides is 1. The lowest BCUT2D eigenvalue weighted by atomic mass is 10.1. The number of nitrogens with zero attached hydrogens (tertiary/aromatic N) is 2. The molecule has 0 bridgehead atoms. The minimum atomic E-state index is 0.137. The van der Waals surface area contributed by atoms with Crippen molar-refractivity contribution >= 4 is 5.91 Å². The lowest BCUT2D eigenvalue weighted by molar-refractivity contribution is -0.129. The van der Waals surface area contributed by atoms with Crippen LogP contribution in [0.25, 0.3) is 0 Å². The highest BCUT2D eigenvalue weighted by Gasteiger charge is 2.20. The second kappa shape index (κ2) is 4.96. The van der Waals surface area contributed by atoms with E-state index in [9.17, 15) is 4.79 Å². The lowest BCUT2D eigenvalue weighted by Gasteiger charge is -2.24. The van der Waals surface area contributed by atoms with Gasteiger partial charge in [-0.1, -0.05) is 13.8 Å². The lowest BCUT2D eigenvalue weighted by Crippen LogP contribution is -2.34. The molecule has 1 N–H and O–H groups in total. The SMILES string of the molecule is CC.CC(=O)N1CCc2nc(C)[nH]c2C1. The summed E-state index contributed by atoms with van der Waals surface area (Å²) in [6, 6.07) is 0. The van der Waals surface area contributed by atoms with Gasteiger partial charge in [0.1, 0.15) is 5.82 Å². The molecular weight excluding hydrogens is 190 g/mol. The zero-order valence-electron chi connectivity index (χ0n) is 9.92. The first-order valence-corrected chi connectivity index (χ1v) is 5.46. The van der Waals surface area contributed by atoms with Crippen molar-refractivity contribution in [1.82, 2.24) is 14.9 Å². The smallest absolute Gasteiger partial charge is 0.219 e. The maximum absolute atomic E-state index is 11.1. The third kappa shape index (κ3) is 2.58. The Kier molecular flexibility index (Phi) is 3.88. The first-order chi connectivity index (χ1) is 7.16. The van der Waals surface area contributed by atoms with Crippen molar-refractivity contribution < 1.29 is 4.79 Å². The number of rotatable bonds is 0. The van der Waals surface area contributed by atoms with Gasteiger partial charge in [-0.25, -0.2) is 4.98 Å². The first kappa shape index (κ1) is 11.8. The molecule has 0 fully saturated rings. The Balaban J connectivity index is 0.000000531. The van der Waals surface area contributed by atoms with E-state index in [2.05, 4.69) is 9.97 Å². The molecule has 0 aliphatic carbocycles. The molecule has 0 unspecified atom stereocenters. The number of aromatic amines is 1. The van der Waals surface area contributed by atoms with E-state index in [0.29, 0.717) is 6.54 Å². The van der Waals surface area contributed by atoms with Gasteiger partial charge in [0, 0.05) is 19.9 Å². The zero-order valence-corrected chi connectivity index (χ0v) is 9.92. The maximum atomic E-state index is 11.1. The molecule has 15 heavy (non-hydrogen) atoms. The van der Waals surface area contributed by atoms with E-state index < -0.39 is 0 Å². The highest BCUT2D eigenvalue weighted by atomic mass is 16.2. The van der Waals surface area contributed by atoms with E-state index in [-0.39, 0.29) is 5.91 Å². The van der Waals surface area contributed by atoms with E-state index in [1.54, 1.807) is 6.92 Å². The van der Waals surface area contributed by atoms with Crippen molar-refractivity contribution in [3.8, 4) is 0 Å². The van der Waals surface area contributed by atoms with Crippen LogP contribution in [0.1, 0.15) is 38.0 Å². The molecule has 0 saturated heterocycles. The van der Waals surface area contributed by atoms with Crippen molar-refractivity contribution in [3.63, 3.8) is 0 Å². The second-order valence-electron chi connectivity index (χ2n) is 3.44. The van der Waals surface area contributed by atoms with Gasteiger partial charge in [0.2, 0.25) is 5.91 Å². The topological polar surface area (TPSA) is 49.0 Å². The number of hydrogen-bond donors (Lipinski definition) is 1. The first-order valence-electron chi connectivity index (χ1n) is 5.46. The molecule has 4 heteroatoms. The number of carbonyl (C=O) groups excluding carboxylic acids is 1. The molecule has 2 heterocycles.